The average Bonchev–Trinajstić information content (AvgIpc) is 2.95. The molecule has 2 aromatic rings. The molecule has 1 aliphatic rings. The molecule has 0 heterocycles. The maximum Gasteiger partial charge on any atom is 0.408 e. The minimum absolute atomic E-state index is 0.0803. The second-order valence-corrected chi connectivity index (χ2v) is 8.44. The molecule has 1 aliphatic carbocycles. The van der Waals surface area contributed by atoms with Crippen molar-refractivity contribution in [3.63, 3.8) is 0 Å². The van der Waals surface area contributed by atoms with Crippen molar-refractivity contribution < 1.29 is 18.7 Å². The lowest BCUT2D eigenvalue weighted by molar-refractivity contribution is -0.124. The number of amides is 2. The molecule has 3 unspecified atom stereocenters. The predicted octanol–water partition coefficient (Wildman–Crippen LogP) is 4.24. The van der Waals surface area contributed by atoms with Gasteiger partial charge in [0.05, 0.1) is 0 Å². The molecule has 0 bridgehead atoms. The number of hydrogen-bond acceptors (Lipinski definition) is 3. The molecule has 3 atom stereocenters. The normalized spacial score (nSPS) is 19.2. The monoisotopic (exact) mass is 398 g/mol. The van der Waals surface area contributed by atoms with E-state index >= 15 is 0 Å². The van der Waals surface area contributed by atoms with E-state index in [1.165, 1.54) is 35.4 Å². The van der Waals surface area contributed by atoms with Crippen LogP contribution in [0.15, 0.2) is 48.5 Å². The Kier molecular flexibility index (Phi) is 5.91. The first-order valence-corrected chi connectivity index (χ1v) is 9.77. The molecule has 154 valence electrons. The lowest BCUT2D eigenvalue weighted by Gasteiger charge is -2.25. The van der Waals surface area contributed by atoms with Crippen LogP contribution < -0.4 is 10.6 Å². The third-order valence-corrected chi connectivity index (χ3v) is 5.04. The third kappa shape index (κ3) is 5.13. The zero-order chi connectivity index (χ0) is 21.2. The Morgan fingerprint density at radius 3 is 2.38 bits per heavy atom. The fraction of sp³-hybridized carbons (Fsp3) is 0.391. The molecule has 0 spiro atoms. The molecular weight excluding hydrogens is 371 g/mol. The van der Waals surface area contributed by atoms with Gasteiger partial charge in [-0.3, -0.25) is 4.79 Å². The van der Waals surface area contributed by atoms with Crippen LogP contribution >= 0.6 is 0 Å². The van der Waals surface area contributed by atoms with E-state index in [4.69, 9.17) is 4.74 Å². The van der Waals surface area contributed by atoms with Gasteiger partial charge < -0.3 is 15.4 Å². The summed E-state index contributed by atoms with van der Waals surface area (Å²) in [5.41, 5.74) is 2.22. The largest absolute Gasteiger partial charge is 0.444 e. The maximum atomic E-state index is 13.4. The quantitative estimate of drug-likeness (QED) is 0.810. The Balaban J connectivity index is 1.77. The number of rotatable bonds is 4. The second kappa shape index (κ2) is 8.23. The summed E-state index contributed by atoms with van der Waals surface area (Å²) in [6.45, 7) is 7.32. The lowest BCUT2D eigenvalue weighted by Crippen LogP contribution is -2.46. The van der Waals surface area contributed by atoms with Crippen molar-refractivity contribution >= 4 is 12.0 Å². The van der Waals surface area contributed by atoms with Gasteiger partial charge in [0.25, 0.3) is 0 Å². The van der Waals surface area contributed by atoms with Gasteiger partial charge in [0, 0.05) is 12.0 Å². The number of hydrogen-bond donors (Lipinski definition) is 2. The van der Waals surface area contributed by atoms with Crippen molar-refractivity contribution in [3.05, 3.63) is 71.0 Å². The Morgan fingerprint density at radius 1 is 1.10 bits per heavy atom. The molecule has 0 radical (unpaired) electrons. The van der Waals surface area contributed by atoms with E-state index in [1.54, 1.807) is 20.8 Å². The van der Waals surface area contributed by atoms with Gasteiger partial charge >= 0.3 is 6.09 Å². The molecule has 0 aliphatic heterocycles. The zero-order valence-electron chi connectivity index (χ0n) is 17.2. The van der Waals surface area contributed by atoms with E-state index < -0.39 is 23.6 Å². The summed E-state index contributed by atoms with van der Waals surface area (Å²) >= 11 is 0. The van der Waals surface area contributed by atoms with Crippen LogP contribution in [0.3, 0.4) is 0 Å². The van der Waals surface area contributed by atoms with E-state index in [0.717, 1.165) is 6.42 Å². The Labute approximate surface area is 170 Å². The lowest BCUT2D eigenvalue weighted by atomic mass is 10.00. The second-order valence-electron chi connectivity index (χ2n) is 8.44. The molecular formula is C23H27FN2O3. The Bertz CT molecular complexity index is 890. The minimum Gasteiger partial charge on any atom is -0.444 e. The molecule has 0 saturated carbocycles. The van der Waals surface area contributed by atoms with E-state index in [-0.39, 0.29) is 17.9 Å². The molecule has 6 heteroatoms. The van der Waals surface area contributed by atoms with Crippen LogP contribution in [0, 0.1) is 5.82 Å². The number of carbonyl (C=O) groups is 2. The summed E-state index contributed by atoms with van der Waals surface area (Å²) in [6.07, 6.45) is 0.0239. The number of halogens is 1. The number of nitrogens with one attached hydrogen (secondary N) is 2. The van der Waals surface area contributed by atoms with Gasteiger partial charge in [-0.1, -0.05) is 43.3 Å². The summed E-state index contributed by atoms with van der Waals surface area (Å²) < 4.78 is 18.7. The summed E-state index contributed by atoms with van der Waals surface area (Å²) in [7, 11) is 0. The number of carbonyl (C=O) groups excluding carboxylic acids is 2. The van der Waals surface area contributed by atoms with Crippen molar-refractivity contribution in [3.8, 4) is 0 Å². The van der Waals surface area contributed by atoms with Crippen LogP contribution in [0.1, 0.15) is 56.3 Å². The first-order valence-electron chi connectivity index (χ1n) is 9.77. The van der Waals surface area contributed by atoms with Crippen molar-refractivity contribution in [2.45, 2.75) is 57.7 Å². The zero-order valence-corrected chi connectivity index (χ0v) is 17.2. The van der Waals surface area contributed by atoms with Gasteiger partial charge in [-0.15, -0.1) is 0 Å². The van der Waals surface area contributed by atoms with E-state index in [2.05, 4.69) is 29.7 Å². The van der Waals surface area contributed by atoms with Crippen molar-refractivity contribution in [2.75, 3.05) is 0 Å². The van der Waals surface area contributed by atoms with E-state index in [1.807, 2.05) is 12.1 Å². The van der Waals surface area contributed by atoms with Gasteiger partial charge in [-0.2, -0.15) is 0 Å². The van der Waals surface area contributed by atoms with Crippen LogP contribution in [0.25, 0.3) is 0 Å². The predicted molar refractivity (Wildman–Crippen MR) is 109 cm³/mol. The van der Waals surface area contributed by atoms with Crippen LogP contribution in [0.5, 0.6) is 0 Å². The fourth-order valence-electron chi connectivity index (χ4n) is 3.62. The number of fused-ring (bicyclic) bond motifs is 1. The highest BCUT2D eigenvalue weighted by atomic mass is 19.1. The highest BCUT2D eigenvalue weighted by Gasteiger charge is 2.33. The van der Waals surface area contributed by atoms with Crippen LogP contribution in [-0.2, 0) is 16.0 Å². The molecule has 2 N–H and O–H groups in total. The fourth-order valence-corrected chi connectivity index (χ4v) is 3.62. The Hall–Kier alpha value is -2.89. The molecule has 2 amide bonds. The van der Waals surface area contributed by atoms with Crippen LogP contribution in [-0.4, -0.2) is 23.6 Å². The Morgan fingerprint density at radius 2 is 1.76 bits per heavy atom. The minimum atomic E-state index is -0.985. The first kappa shape index (κ1) is 20.8. The molecule has 29 heavy (non-hydrogen) atoms. The number of benzene rings is 2. The molecule has 0 fully saturated rings. The van der Waals surface area contributed by atoms with Crippen LogP contribution in [0.4, 0.5) is 9.18 Å². The average molecular weight is 398 g/mol. The van der Waals surface area contributed by atoms with E-state index in [9.17, 15) is 14.0 Å². The first-order chi connectivity index (χ1) is 13.6. The highest BCUT2D eigenvalue weighted by Crippen LogP contribution is 2.33. The highest BCUT2D eigenvalue weighted by molar-refractivity contribution is 5.87. The van der Waals surface area contributed by atoms with Gasteiger partial charge in [0.2, 0.25) is 5.91 Å². The number of alkyl carbamates (subject to hydrolysis) is 1. The summed E-state index contributed by atoms with van der Waals surface area (Å²) in [5, 5.41) is 5.68. The summed E-state index contributed by atoms with van der Waals surface area (Å²) in [6, 6.07) is 12.6. The molecule has 3 rings (SSSR count). The standard InChI is InChI=1S/C23H27FN2O3/c1-14-18-8-6-5-7-16(18)13-19(14)25-21(27)20(15-9-11-17(24)12-10-15)26-22(28)29-23(2,3)4/h5-12,14,19-20H,13H2,1-4H3,(H,25,27)(H,26,28). The molecule has 0 saturated heterocycles. The van der Waals surface area contributed by atoms with Gasteiger partial charge in [-0.05, 0) is 56.0 Å². The van der Waals surface area contributed by atoms with E-state index in [0.29, 0.717) is 5.56 Å². The van der Waals surface area contributed by atoms with Crippen molar-refractivity contribution in [1.29, 1.82) is 0 Å². The SMILES string of the molecule is CC1c2ccccc2CC1NC(=O)C(NC(=O)OC(C)(C)C)c1ccc(F)cc1. The summed E-state index contributed by atoms with van der Waals surface area (Å²) in [4.78, 5) is 25.4. The molecule has 0 aromatic heterocycles. The topological polar surface area (TPSA) is 67.4 Å². The van der Waals surface area contributed by atoms with Crippen molar-refractivity contribution in [2.24, 2.45) is 0 Å². The van der Waals surface area contributed by atoms with Crippen LogP contribution in [0.2, 0.25) is 0 Å². The molecule has 2 aromatic carbocycles. The van der Waals surface area contributed by atoms with Gasteiger partial charge in [0.1, 0.15) is 17.5 Å². The van der Waals surface area contributed by atoms with Gasteiger partial charge in [0.15, 0.2) is 0 Å². The molecule has 5 nitrogen and oxygen atoms in total. The third-order valence-electron chi connectivity index (χ3n) is 5.04. The number of ether oxygens (including phenoxy) is 1. The summed E-state index contributed by atoms with van der Waals surface area (Å²) in [5.74, 6) is -0.609. The van der Waals surface area contributed by atoms with Gasteiger partial charge in [-0.25, -0.2) is 9.18 Å². The smallest absolute Gasteiger partial charge is 0.408 e. The maximum absolute atomic E-state index is 13.4. The van der Waals surface area contributed by atoms with Crippen molar-refractivity contribution in [1.82, 2.24) is 10.6 Å².